The van der Waals surface area contributed by atoms with E-state index in [0.29, 0.717) is 6.42 Å². The van der Waals surface area contributed by atoms with E-state index in [2.05, 4.69) is 5.32 Å². The summed E-state index contributed by atoms with van der Waals surface area (Å²) in [6.45, 7) is 5.04. The molecule has 4 nitrogen and oxygen atoms in total. The lowest BCUT2D eigenvalue weighted by molar-refractivity contribution is -0.144. The molecular weight excluding hydrogens is 182 g/mol. The second kappa shape index (κ2) is 6.79. The minimum atomic E-state index is -0.785. The minimum absolute atomic E-state index is 0.590. The Hall–Kier alpha value is -0.610. The summed E-state index contributed by atoms with van der Waals surface area (Å²) in [5.74, 6) is -0.785. The molecule has 4 heteroatoms. The average Bonchev–Trinajstić information content (AvgIpc) is 2.17. The van der Waals surface area contributed by atoms with Crippen molar-refractivity contribution in [3.63, 3.8) is 0 Å². The van der Waals surface area contributed by atoms with E-state index in [1.807, 2.05) is 6.92 Å². The number of carbonyl (C=O) groups is 1. The van der Waals surface area contributed by atoms with Crippen molar-refractivity contribution in [1.82, 2.24) is 5.32 Å². The van der Waals surface area contributed by atoms with Gasteiger partial charge in [0.05, 0.1) is 0 Å². The molecule has 0 fully saturated rings. The normalized spacial score (nSPS) is 15.1. The Kier molecular flexibility index (Phi) is 6.49. The summed E-state index contributed by atoms with van der Waals surface area (Å²) in [6.07, 6.45) is 2.49. The molecule has 0 bridgehead atoms. The van der Waals surface area contributed by atoms with E-state index in [1.54, 1.807) is 14.0 Å². The summed E-state index contributed by atoms with van der Waals surface area (Å²) >= 11 is 0. The van der Waals surface area contributed by atoms with Gasteiger partial charge in [-0.1, -0.05) is 6.92 Å². The van der Waals surface area contributed by atoms with Gasteiger partial charge in [-0.2, -0.15) is 0 Å². The molecule has 2 N–H and O–H groups in total. The Balaban J connectivity index is 3.68. The molecule has 0 amide bonds. The fourth-order valence-corrected chi connectivity index (χ4v) is 1.09. The lowest BCUT2D eigenvalue weighted by Crippen LogP contribution is -2.49. The van der Waals surface area contributed by atoms with Gasteiger partial charge in [-0.05, 0) is 32.7 Å². The number of hydrogen-bond acceptors (Lipinski definition) is 3. The molecule has 1 atom stereocenters. The quantitative estimate of drug-likeness (QED) is 0.583. The molecular formula is C10H21NO3. The predicted octanol–water partition coefficient (Wildman–Crippen LogP) is 1.26. The number of carboxylic acids is 1. The standard InChI is InChI=1S/C10H21NO3/c1-4-10(2,9(12)13)11-7-5-6-8-14-3/h11H,4-8H2,1-3H3,(H,12,13). The third-order valence-corrected chi connectivity index (χ3v) is 2.47. The van der Waals surface area contributed by atoms with E-state index in [1.165, 1.54) is 0 Å². The summed E-state index contributed by atoms with van der Waals surface area (Å²) in [6, 6.07) is 0. The molecule has 0 spiro atoms. The van der Waals surface area contributed by atoms with Gasteiger partial charge < -0.3 is 15.2 Å². The highest BCUT2D eigenvalue weighted by molar-refractivity contribution is 5.78. The molecule has 0 saturated carbocycles. The molecule has 0 heterocycles. The molecule has 0 rings (SSSR count). The van der Waals surface area contributed by atoms with Crippen LogP contribution in [0.1, 0.15) is 33.1 Å². The van der Waals surface area contributed by atoms with Crippen LogP contribution in [0.25, 0.3) is 0 Å². The molecule has 84 valence electrons. The first kappa shape index (κ1) is 13.4. The van der Waals surface area contributed by atoms with Crippen LogP contribution in [-0.2, 0) is 9.53 Å². The van der Waals surface area contributed by atoms with Crippen LogP contribution in [-0.4, -0.2) is 36.9 Å². The summed E-state index contributed by atoms with van der Waals surface area (Å²) in [5.41, 5.74) is -0.785. The molecule has 0 aromatic rings. The Bertz CT molecular complexity index is 173. The summed E-state index contributed by atoms with van der Waals surface area (Å²) in [7, 11) is 1.67. The molecule has 0 aromatic heterocycles. The van der Waals surface area contributed by atoms with E-state index < -0.39 is 11.5 Å². The largest absolute Gasteiger partial charge is 0.480 e. The van der Waals surface area contributed by atoms with Gasteiger partial charge in [-0.3, -0.25) is 4.79 Å². The Morgan fingerprint density at radius 3 is 2.57 bits per heavy atom. The number of unbranched alkanes of at least 4 members (excludes halogenated alkanes) is 1. The van der Waals surface area contributed by atoms with Crippen molar-refractivity contribution >= 4 is 5.97 Å². The zero-order valence-corrected chi connectivity index (χ0v) is 9.30. The van der Waals surface area contributed by atoms with Crippen molar-refractivity contribution in [2.75, 3.05) is 20.3 Å². The minimum Gasteiger partial charge on any atom is -0.480 e. The molecule has 0 radical (unpaired) electrons. The molecule has 0 aliphatic rings. The van der Waals surface area contributed by atoms with Crippen LogP contribution in [0.3, 0.4) is 0 Å². The number of aliphatic carboxylic acids is 1. The van der Waals surface area contributed by atoms with Crippen molar-refractivity contribution in [1.29, 1.82) is 0 Å². The van der Waals surface area contributed by atoms with Gasteiger partial charge >= 0.3 is 5.97 Å². The van der Waals surface area contributed by atoms with E-state index in [-0.39, 0.29) is 0 Å². The number of nitrogens with one attached hydrogen (secondary N) is 1. The summed E-state index contributed by atoms with van der Waals surface area (Å²) < 4.78 is 4.90. The second-order valence-corrected chi connectivity index (χ2v) is 3.62. The third-order valence-electron chi connectivity index (χ3n) is 2.47. The third kappa shape index (κ3) is 4.58. The van der Waals surface area contributed by atoms with Crippen molar-refractivity contribution in [3.05, 3.63) is 0 Å². The second-order valence-electron chi connectivity index (χ2n) is 3.62. The molecule has 1 unspecified atom stereocenters. The maximum Gasteiger partial charge on any atom is 0.323 e. The monoisotopic (exact) mass is 203 g/mol. The molecule has 14 heavy (non-hydrogen) atoms. The topological polar surface area (TPSA) is 58.6 Å². The SMILES string of the molecule is CCC(C)(NCCCCOC)C(=O)O. The van der Waals surface area contributed by atoms with Crippen LogP contribution in [0.4, 0.5) is 0 Å². The first-order chi connectivity index (χ1) is 6.56. The van der Waals surface area contributed by atoms with Crippen molar-refractivity contribution in [2.24, 2.45) is 0 Å². The number of ether oxygens (including phenoxy) is 1. The van der Waals surface area contributed by atoms with Crippen molar-refractivity contribution in [3.8, 4) is 0 Å². The van der Waals surface area contributed by atoms with Gasteiger partial charge in [-0.25, -0.2) is 0 Å². The number of hydrogen-bond donors (Lipinski definition) is 2. The fraction of sp³-hybridized carbons (Fsp3) is 0.900. The number of rotatable bonds is 8. The van der Waals surface area contributed by atoms with Gasteiger partial charge in [0.25, 0.3) is 0 Å². The van der Waals surface area contributed by atoms with Gasteiger partial charge in [0.15, 0.2) is 0 Å². The van der Waals surface area contributed by atoms with E-state index >= 15 is 0 Å². The number of carboxylic acid groups (broad SMARTS) is 1. The maximum absolute atomic E-state index is 10.9. The average molecular weight is 203 g/mol. The Morgan fingerprint density at radius 2 is 2.14 bits per heavy atom. The van der Waals surface area contributed by atoms with Crippen molar-refractivity contribution < 1.29 is 14.6 Å². The first-order valence-electron chi connectivity index (χ1n) is 5.04. The van der Waals surface area contributed by atoms with Crippen LogP contribution in [0.5, 0.6) is 0 Å². The van der Waals surface area contributed by atoms with Gasteiger partial charge in [0, 0.05) is 13.7 Å². The van der Waals surface area contributed by atoms with Crippen LogP contribution in [0.15, 0.2) is 0 Å². The number of methoxy groups -OCH3 is 1. The van der Waals surface area contributed by atoms with E-state index in [4.69, 9.17) is 9.84 Å². The van der Waals surface area contributed by atoms with E-state index in [0.717, 1.165) is 26.0 Å². The zero-order valence-electron chi connectivity index (χ0n) is 9.30. The first-order valence-corrected chi connectivity index (χ1v) is 5.04. The van der Waals surface area contributed by atoms with Crippen LogP contribution in [0, 0.1) is 0 Å². The highest BCUT2D eigenvalue weighted by Crippen LogP contribution is 2.09. The molecule has 0 aromatic carbocycles. The smallest absolute Gasteiger partial charge is 0.323 e. The molecule has 0 saturated heterocycles. The van der Waals surface area contributed by atoms with Crippen molar-refractivity contribution in [2.45, 2.75) is 38.6 Å². The summed E-state index contributed by atoms with van der Waals surface area (Å²) in [5, 5.41) is 12.0. The molecule has 0 aliphatic carbocycles. The lowest BCUT2D eigenvalue weighted by Gasteiger charge is -2.24. The van der Waals surface area contributed by atoms with Gasteiger partial charge in [0.1, 0.15) is 5.54 Å². The van der Waals surface area contributed by atoms with E-state index in [9.17, 15) is 4.79 Å². The van der Waals surface area contributed by atoms with Gasteiger partial charge in [0.2, 0.25) is 0 Å². The highest BCUT2D eigenvalue weighted by Gasteiger charge is 2.29. The lowest BCUT2D eigenvalue weighted by atomic mass is 9.99. The summed E-state index contributed by atoms with van der Waals surface area (Å²) in [4.78, 5) is 10.9. The fourth-order valence-electron chi connectivity index (χ4n) is 1.09. The van der Waals surface area contributed by atoms with Crippen LogP contribution >= 0.6 is 0 Å². The Morgan fingerprint density at radius 1 is 1.50 bits per heavy atom. The van der Waals surface area contributed by atoms with Gasteiger partial charge in [-0.15, -0.1) is 0 Å². The highest BCUT2D eigenvalue weighted by atomic mass is 16.5. The zero-order chi connectivity index (χ0) is 11.0. The van der Waals surface area contributed by atoms with Crippen LogP contribution < -0.4 is 5.32 Å². The van der Waals surface area contributed by atoms with Crippen LogP contribution in [0.2, 0.25) is 0 Å². The Labute approximate surface area is 85.6 Å². The predicted molar refractivity (Wildman–Crippen MR) is 55.4 cm³/mol. The molecule has 0 aliphatic heterocycles. The maximum atomic E-state index is 10.9.